The van der Waals surface area contributed by atoms with Crippen LogP contribution in [0.1, 0.15) is 31.2 Å². The normalized spacial score (nSPS) is 22.1. The molecule has 24 heavy (non-hydrogen) atoms. The third-order valence-corrected chi connectivity index (χ3v) is 6.66. The van der Waals surface area contributed by atoms with Gasteiger partial charge in [-0.25, -0.2) is 8.42 Å². The van der Waals surface area contributed by atoms with Crippen LogP contribution in [0.5, 0.6) is 0 Å². The minimum absolute atomic E-state index is 0.126. The summed E-state index contributed by atoms with van der Waals surface area (Å²) >= 11 is 0. The van der Waals surface area contributed by atoms with Crippen molar-refractivity contribution in [2.45, 2.75) is 30.6 Å². The molecule has 1 N–H and O–H groups in total. The summed E-state index contributed by atoms with van der Waals surface area (Å²) in [7, 11) is -2.30. The van der Waals surface area contributed by atoms with Crippen molar-refractivity contribution in [2.24, 2.45) is 5.92 Å². The van der Waals surface area contributed by atoms with Gasteiger partial charge in [-0.3, -0.25) is 9.59 Å². The average molecular weight is 352 g/mol. The molecule has 7 nitrogen and oxygen atoms in total. The van der Waals surface area contributed by atoms with Crippen LogP contribution in [0.3, 0.4) is 0 Å². The second kappa shape index (κ2) is 6.18. The third kappa shape index (κ3) is 2.80. The van der Waals surface area contributed by atoms with Crippen LogP contribution in [0.15, 0.2) is 23.1 Å². The molecule has 1 amide bonds. The Morgan fingerprint density at radius 2 is 1.96 bits per heavy atom. The number of benzene rings is 1. The molecule has 0 radical (unpaired) electrons. The van der Waals surface area contributed by atoms with Crippen molar-refractivity contribution in [3.63, 3.8) is 0 Å². The minimum Gasteiger partial charge on any atom is -0.469 e. The van der Waals surface area contributed by atoms with Gasteiger partial charge < -0.3 is 10.1 Å². The number of amides is 1. The van der Waals surface area contributed by atoms with E-state index in [1.165, 1.54) is 17.5 Å². The summed E-state index contributed by atoms with van der Waals surface area (Å²) in [5.74, 6) is -1.02. The van der Waals surface area contributed by atoms with Crippen molar-refractivity contribution in [3.8, 4) is 0 Å². The summed E-state index contributed by atoms with van der Waals surface area (Å²) in [6, 6.07) is 4.71. The topological polar surface area (TPSA) is 92.8 Å². The number of piperidine rings is 1. The van der Waals surface area contributed by atoms with Crippen LogP contribution in [0, 0.1) is 5.92 Å². The number of carbonyl (C=O) groups is 2. The number of methoxy groups -OCH3 is 1. The average Bonchev–Trinajstić information content (AvgIpc) is 2.88. The predicted molar refractivity (Wildman–Crippen MR) is 87.0 cm³/mol. The van der Waals surface area contributed by atoms with Crippen molar-refractivity contribution in [2.75, 3.05) is 25.5 Å². The number of nitrogens with zero attached hydrogens (tertiary/aromatic N) is 1. The van der Waals surface area contributed by atoms with E-state index in [4.69, 9.17) is 4.74 Å². The van der Waals surface area contributed by atoms with Crippen molar-refractivity contribution in [1.29, 1.82) is 0 Å². The zero-order chi connectivity index (χ0) is 17.5. The van der Waals surface area contributed by atoms with Crippen molar-refractivity contribution in [3.05, 3.63) is 23.8 Å². The molecule has 3 rings (SSSR count). The van der Waals surface area contributed by atoms with Crippen molar-refractivity contribution < 1.29 is 22.7 Å². The fraction of sp³-hybridized carbons (Fsp3) is 0.500. The molecule has 1 atom stereocenters. The van der Waals surface area contributed by atoms with Crippen molar-refractivity contribution >= 4 is 27.6 Å². The van der Waals surface area contributed by atoms with Crippen LogP contribution in [0.25, 0.3) is 0 Å². The Labute approximate surface area is 141 Å². The quantitative estimate of drug-likeness (QED) is 0.828. The standard InChI is InChI=1S/C16H20N2O5S/c1-10-13-9-12(3-4-14(13)17-15(10)19)24(21,22)18-7-5-11(6-8-18)16(20)23-2/h3-4,9-11H,5-8H2,1-2H3,(H,17,19)/t10-/m0/s1. The molecule has 0 bridgehead atoms. The predicted octanol–water partition coefficient (Wildman–Crippen LogP) is 1.32. The Morgan fingerprint density at radius 1 is 1.29 bits per heavy atom. The number of anilines is 1. The molecular weight excluding hydrogens is 332 g/mol. The molecule has 1 aromatic carbocycles. The van der Waals surface area contributed by atoms with Gasteiger partial charge in [0.2, 0.25) is 15.9 Å². The molecule has 0 unspecified atom stereocenters. The van der Waals surface area contributed by atoms with Crippen LogP contribution in [-0.2, 0) is 24.3 Å². The van der Waals surface area contributed by atoms with E-state index in [0.717, 1.165) is 0 Å². The summed E-state index contributed by atoms with van der Waals surface area (Å²) in [5.41, 5.74) is 1.36. The Bertz CT molecular complexity index is 782. The van der Waals surface area contributed by atoms with Gasteiger partial charge in [0.05, 0.1) is 23.8 Å². The fourth-order valence-corrected chi connectivity index (χ4v) is 4.71. The maximum absolute atomic E-state index is 12.8. The number of hydrogen-bond acceptors (Lipinski definition) is 5. The van der Waals surface area contributed by atoms with E-state index in [0.29, 0.717) is 24.1 Å². The number of sulfonamides is 1. The second-order valence-electron chi connectivity index (χ2n) is 6.16. The van der Waals surface area contributed by atoms with Gasteiger partial charge in [0.25, 0.3) is 0 Å². The number of esters is 1. The van der Waals surface area contributed by atoms with E-state index in [2.05, 4.69) is 5.32 Å². The Hall–Kier alpha value is -1.93. The summed E-state index contributed by atoms with van der Waals surface area (Å²) in [5, 5.41) is 2.73. The van der Waals surface area contributed by atoms with Gasteiger partial charge in [-0.05, 0) is 43.5 Å². The van der Waals surface area contributed by atoms with E-state index in [-0.39, 0.29) is 41.7 Å². The molecule has 2 heterocycles. The first-order chi connectivity index (χ1) is 11.3. The van der Waals surface area contributed by atoms with Crippen LogP contribution >= 0.6 is 0 Å². The van der Waals surface area contributed by atoms with Crippen LogP contribution in [0.4, 0.5) is 5.69 Å². The molecule has 130 valence electrons. The van der Waals surface area contributed by atoms with E-state index < -0.39 is 10.0 Å². The third-order valence-electron chi connectivity index (χ3n) is 4.77. The Morgan fingerprint density at radius 3 is 2.58 bits per heavy atom. The smallest absolute Gasteiger partial charge is 0.308 e. The summed E-state index contributed by atoms with van der Waals surface area (Å²) in [6.07, 6.45) is 0.903. The summed E-state index contributed by atoms with van der Waals surface area (Å²) in [6.45, 7) is 2.32. The number of hydrogen-bond donors (Lipinski definition) is 1. The lowest BCUT2D eigenvalue weighted by Crippen LogP contribution is -2.40. The lowest BCUT2D eigenvalue weighted by molar-refractivity contribution is -0.146. The molecule has 1 saturated heterocycles. The Balaban J connectivity index is 1.80. The van der Waals surface area contributed by atoms with Gasteiger partial charge >= 0.3 is 5.97 Å². The molecule has 1 fully saturated rings. The summed E-state index contributed by atoms with van der Waals surface area (Å²) in [4.78, 5) is 23.4. The van der Waals surface area contributed by atoms with E-state index in [1.54, 1.807) is 19.1 Å². The second-order valence-corrected chi connectivity index (χ2v) is 8.10. The number of ether oxygens (including phenoxy) is 1. The maximum Gasteiger partial charge on any atom is 0.308 e. The number of nitrogens with one attached hydrogen (secondary N) is 1. The largest absolute Gasteiger partial charge is 0.469 e. The van der Waals surface area contributed by atoms with Crippen molar-refractivity contribution in [1.82, 2.24) is 4.31 Å². The lowest BCUT2D eigenvalue weighted by atomic mass is 9.99. The highest BCUT2D eigenvalue weighted by Crippen LogP contribution is 2.35. The highest BCUT2D eigenvalue weighted by atomic mass is 32.2. The first-order valence-corrected chi connectivity index (χ1v) is 9.31. The number of rotatable bonds is 3. The molecule has 8 heteroatoms. The first kappa shape index (κ1) is 16.9. The zero-order valence-corrected chi connectivity index (χ0v) is 14.4. The van der Waals surface area contributed by atoms with Gasteiger partial charge in [-0.15, -0.1) is 0 Å². The van der Waals surface area contributed by atoms with Gasteiger partial charge in [-0.1, -0.05) is 0 Å². The van der Waals surface area contributed by atoms with E-state index in [1.807, 2.05) is 0 Å². The molecule has 1 aromatic rings. The Kier molecular flexibility index (Phi) is 4.35. The fourth-order valence-electron chi connectivity index (χ4n) is 3.20. The zero-order valence-electron chi connectivity index (χ0n) is 13.6. The van der Waals surface area contributed by atoms with Crippen LogP contribution in [0.2, 0.25) is 0 Å². The highest BCUT2D eigenvalue weighted by Gasteiger charge is 2.34. The number of carbonyl (C=O) groups excluding carboxylic acids is 2. The first-order valence-electron chi connectivity index (χ1n) is 7.87. The van der Waals surface area contributed by atoms with Crippen LogP contribution < -0.4 is 5.32 Å². The monoisotopic (exact) mass is 352 g/mol. The van der Waals surface area contributed by atoms with Gasteiger partial charge in [-0.2, -0.15) is 4.31 Å². The maximum atomic E-state index is 12.8. The summed E-state index contributed by atoms with van der Waals surface area (Å²) < 4.78 is 31.8. The molecule has 0 spiro atoms. The lowest BCUT2D eigenvalue weighted by Gasteiger charge is -2.30. The van der Waals surface area contributed by atoms with E-state index >= 15 is 0 Å². The van der Waals surface area contributed by atoms with Gasteiger partial charge in [0, 0.05) is 18.8 Å². The molecule has 0 aromatic heterocycles. The highest BCUT2D eigenvalue weighted by molar-refractivity contribution is 7.89. The number of fused-ring (bicyclic) bond motifs is 1. The van der Waals surface area contributed by atoms with E-state index in [9.17, 15) is 18.0 Å². The molecule has 0 aliphatic carbocycles. The minimum atomic E-state index is -3.64. The molecule has 2 aliphatic heterocycles. The SMILES string of the molecule is COC(=O)C1CCN(S(=O)(=O)c2ccc3c(c2)[C@H](C)C(=O)N3)CC1. The molecule has 0 saturated carbocycles. The van der Waals surface area contributed by atoms with Gasteiger partial charge in [0.15, 0.2) is 0 Å². The molecular formula is C16H20N2O5S. The van der Waals surface area contributed by atoms with Crippen LogP contribution in [-0.4, -0.2) is 44.8 Å². The van der Waals surface area contributed by atoms with Gasteiger partial charge in [0.1, 0.15) is 0 Å². The molecule has 2 aliphatic rings.